The molecule has 20 heavy (non-hydrogen) atoms. The molecule has 0 aromatic carbocycles. The van der Waals surface area contributed by atoms with Gasteiger partial charge in [0.05, 0.1) is 6.42 Å². The van der Waals surface area contributed by atoms with Crippen molar-refractivity contribution in [1.82, 2.24) is 0 Å². The van der Waals surface area contributed by atoms with E-state index >= 15 is 0 Å². The van der Waals surface area contributed by atoms with Gasteiger partial charge in [-0.1, -0.05) is 13.8 Å². The van der Waals surface area contributed by atoms with Gasteiger partial charge in [-0.2, -0.15) is 0 Å². The van der Waals surface area contributed by atoms with Gasteiger partial charge in [-0.25, -0.2) is 0 Å². The molecule has 0 fully saturated rings. The molecule has 3 nitrogen and oxygen atoms in total. The monoisotopic (exact) mass is 298 g/mol. The smallest absolute Gasteiger partial charge is 0.188 e. The Morgan fingerprint density at radius 2 is 1.90 bits per heavy atom. The molecule has 0 saturated heterocycles. The van der Waals surface area contributed by atoms with Gasteiger partial charge in [0, 0.05) is 5.57 Å². The van der Waals surface area contributed by atoms with Crippen LogP contribution in [0.5, 0.6) is 0 Å². The van der Waals surface area contributed by atoms with Crippen molar-refractivity contribution in [3.63, 3.8) is 0 Å². The first kappa shape index (κ1) is 17.4. The molecule has 0 atom stereocenters. The molecule has 1 heterocycles. The molecule has 0 radical (unpaired) electrons. The maximum atomic E-state index is 12.2. The van der Waals surface area contributed by atoms with Crippen LogP contribution in [-0.2, 0) is 9.53 Å². The number of hydrogen-bond donors (Lipinski definition) is 1. The third-order valence-corrected chi connectivity index (χ3v) is 8.22. The van der Waals surface area contributed by atoms with Gasteiger partial charge in [0.1, 0.15) is 11.4 Å². The standard InChI is InChI=1S/C16H30O3Si/c1-12-13(14(17)11-15(2,3)19-12)9-8-10-16(4,5)20(6,7)18/h18H,8-11H2,1-7H3. The van der Waals surface area contributed by atoms with Crippen LogP contribution in [0.25, 0.3) is 0 Å². The normalized spacial score (nSPS) is 20.1. The average Bonchev–Trinajstić information content (AvgIpc) is 2.18. The minimum Gasteiger partial charge on any atom is -0.492 e. The Bertz CT molecular complexity index is 414. The van der Waals surface area contributed by atoms with Crippen LogP contribution < -0.4 is 0 Å². The molecular weight excluding hydrogens is 268 g/mol. The van der Waals surface area contributed by atoms with Crippen LogP contribution in [-0.4, -0.2) is 24.5 Å². The summed E-state index contributed by atoms with van der Waals surface area (Å²) in [6.07, 6.45) is 3.08. The molecule has 1 aliphatic rings. The molecule has 4 heteroatoms. The summed E-state index contributed by atoms with van der Waals surface area (Å²) < 4.78 is 5.82. The van der Waals surface area contributed by atoms with Crippen LogP contribution in [0.15, 0.2) is 11.3 Å². The Kier molecular flexibility index (Phi) is 4.92. The minimum absolute atomic E-state index is 0.0285. The van der Waals surface area contributed by atoms with Crippen LogP contribution >= 0.6 is 0 Å². The molecular formula is C16H30O3Si. The van der Waals surface area contributed by atoms with E-state index in [0.717, 1.165) is 30.6 Å². The van der Waals surface area contributed by atoms with Gasteiger partial charge in [0.15, 0.2) is 14.1 Å². The first-order valence-electron chi connectivity index (χ1n) is 7.50. The zero-order valence-corrected chi connectivity index (χ0v) is 15.1. The summed E-state index contributed by atoms with van der Waals surface area (Å²) in [5.41, 5.74) is 0.474. The van der Waals surface area contributed by atoms with E-state index < -0.39 is 8.32 Å². The number of ether oxygens (including phenoxy) is 1. The van der Waals surface area contributed by atoms with E-state index in [-0.39, 0.29) is 16.4 Å². The third kappa shape index (κ3) is 4.19. The van der Waals surface area contributed by atoms with E-state index in [1.807, 2.05) is 33.9 Å². The molecule has 0 aromatic heterocycles. The van der Waals surface area contributed by atoms with Gasteiger partial charge in [-0.15, -0.1) is 0 Å². The van der Waals surface area contributed by atoms with Gasteiger partial charge in [0.25, 0.3) is 0 Å². The lowest BCUT2D eigenvalue weighted by molar-refractivity contribution is -0.123. The van der Waals surface area contributed by atoms with Crippen LogP contribution in [0, 0.1) is 0 Å². The Morgan fingerprint density at radius 1 is 1.35 bits per heavy atom. The molecule has 0 saturated carbocycles. The van der Waals surface area contributed by atoms with E-state index in [0.29, 0.717) is 6.42 Å². The van der Waals surface area contributed by atoms with Crippen molar-refractivity contribution >= 4 is 14.1 Å². The Hall–Kier alpha value is -0.613. The van der Waals surface area contributed by atoms with Gasteiger partial charge >= 0.3 is 0 Å². The maximum absolute atomic E-state index is 12.2. The maximum Gasteiger partial charge on any atom is 0.188 e. The zero-order chi connectivity index (χ0) is 15.8. The highest BCUT2D eigenvalue weighted by atomic mass is 28.4. The number of carbonyl (C=O) groups excluding carboxylic acids is 1. The predicted octanol–water partition coefficient (Wildman–Crippen LogP) is 4.18. The second kappa shape index (κ2) is 5.64. The van der Waals surface area contributed by atoms with E-state index in [4.69, 9.17) is 4.74 Å². The number of allylic oxidation sites excluding steroid dienone is 2. The topological polar surface area (TPSA) is 46.5 Å². The highest BCUT2D eigenvalue weighted by molar-refractivity contribution is 6.72. The second-order valence-electron chi connectivity index (χ2n) is 7.79. The Morgan fingerprint density at radius 3 is 2.35 bits per heavy atom. The highest BCUT2D eigenvalue weighted by Gasteiger charge is 2.38. The molecule has 0 spiro atoms. The largest absolute Gasteiger partial charge is 0.492 e. The number of Topliss-reactive ketones (excluding diaryl/α,β-unsaturated/α-hetero) is 1. The van der Waals surface area contributed by atoms with Crippen molar-refractivity contribution < 1.29 is 14.3 Å². The summed E-state index contributed by atoms with van der Waals surface area (Å²) in [6.45, 7) is 14.0. The summed E-state index contributed by atoms with van der Waals surface area (Å²) in [5, 5.41) is -0.0285. The lowest BCUT2D eigenvalue weighted by atomic mass is 9.90. The van der Waals surface area contributed by atoms with Gasteiger partial charge in [-0.05, 0) is 58.2 Å². The van der Waals surface area contributed by atoms with Crippen LogP contribution in [0.4, 0.5) is 0 Å². The van der Waals surface area contributed by atoms with Gasteiger partial charge in [0.2, 0.25) is 0 Å². The Balaban J connectivity index is 2.65. The van der Waals surface area contributed by atoms with E-state index in [9.17, 15) is 9.59 Å². The molecule has 0 amide bonds. The molecule has 1 N–H and O–H groups in total. The van der Waals surface area contributed by atoms with Crippen molar-refractivity contribution in [2.75, 3.05) is 0 Å². The van der Waals surface area contributed by atoms with E-state index in [1.165, 1.54) is 0 Å². The quantitative estimate of drug-likeness (QED) is 0.775. The lowest BCUT2D eigenvalue weighted by Crippen LogP contribution is -2.39. The molecule has 0 aromatic rings. The van der Waals surface area contributed by atoms with Gasteiger partial charge in [-0.3, -0.25) is 4.79 Å². The fourth-order valence-corrected chi connectivity index (χ4v) is 3.32. The predicted molar refractivity (Wildman–Crippen MR) is 85.1 cm³/mol. The summed E-state index contributed by atoms with van der Waals surface area (Å²) >= 11 is 0. The van der Waals surface area contributed by atoms with Crippen LogP contribution in [0.3, 0.4) is 0 Å². The average molecular weight is 298 g/mol. The number of carbonyl (C=O) groups is 1. The molecule has 0 unspecified atom stereocenters. The van der Waals surface area contributed by atoms with Crippen molar-refractivity contribution in [2.24, 2.45) is 0 Å². The molecule has 1 aliphatic heterocycles. The van der Waals surface area contributed by atoms with Crippen molar-refractivity contribution in [3.8, 4) is 0 Å². The van der Waals surface area contributed by atoms with E-state index in [2.05, 4.69) is 13.8 Å². The SMILES string of the molecule is CC1=C(CCCC(C)(C)[Si](C)(C)O)C(=O)CC(C)(C)O1. The summed E-state index contributed by atoms with van der Waals surface area (Å²) in [4.78, 5) is 22.5. The molecule has 116 valence electrons. The van der Waals surface area contributed by atoms with Crippen molar-refractivity contribution in [1.29, 1.82) is 0 Å². The van der Waals surface area contributed by atoms with Crippen molar-refractivity contribution in [2.45, 2.75) is 84.0 Å². The molecule has 0 aliphatic carbocycles. The summed E-state index contributed by atoms with van der Waals surface area (Å²) in [5.74, 6) is 1.00. The zero-order valence-electron chi connectivity index (χ0n) is 14.1. The summed E-state index contributed by atoms with van der Waals surface area (Å²) in [6, 6.07) is 0. The lowest BCUT2D eigenvalue weighted by Gasteiger charge is -2.36. The van der Waals surface area contributed by atoms with Crippen molar-refractivity contribution in [3.05, 3.63) is 11.3 Å². The first-order valence-corrected chi connectivity index (χ1v) is 10.4. The fourth-order valence-electron chi connectivity index (χ4n) is 2.53. The Labute approximate surface area is 124 Å². The fraction of sp³-hybridized carbons (Fsp3) is 0.812. The highest BCUT2D eigenvalue weighted by Crippen LogP contribution is 2.41. The van der Waals surface area contributed by atoms with E-state index in [1.54, 1.807) is 0 Å². The van der Waals surface area contributed by atoms with Crippen LogP contribution in [0.2, 0.25) is 18.1 Å². The third-order valence-electron chi connectivity index (χ3n) is 4.66. The minimum atomic E-state index is -2.16. The molecule has 1 rings (SSSR count). The summed E-state index contributed by atoms with van der Waals surface area (Å²) in [7, 11) is -2.16. The molecule has 0 bridgehead atoms. The first-order chi connectivity index (χ1) is 8.86. The number of ketones is 1. The number of hydrogen-bond acceptors (Lipinski definition) is 3. The van der Waals surface area contributed by atoms with Gasteiger partial charge < -0.3 is 9.53 Å². The second-order valence-corrected chi connectivity index (χ2v) is 12.3. The number of rotatable bonds is 5. The van der Waals surface area contributed by atoms with Crippen LogP contribution in [0.1, 0.15) is 60.3 Å².